The Morgan fingerprint density at radius 1 is 1.00 bits per heavy atom. The maximum Gasteiger partial charge on any atom is 0.220 e. The van der Waals surface area contributed by atoms with Crippen molar-refractivity contribution in [1.82, 2.24) is 5.32 Å². The fourth-order valence-corrected chi connectivity index (χ4v) is 2.77. The standard InChI is InChI=1S/C16H15NO/c1-17-16(18)10-15-13-8-4-2-6-11(13)12-7-3-5-9-14(12)15/h2-9,15H,10H2,1H3,(H,17,18). The fraction of sp³-hybridized carbons (Fsp3) is 0.188. The maximum atomic E-state index is 11.7. The normalized spacial score (nSPS) is 12.9. The molecule has 0 aromatic heterocycles. The third-order valence-corrected chi connectivity index (χ3v) is 3.63. The van der Waals surface area contributed by atoms with E-state index in [-0.39, 0.29) is 11.8 Å². The average Bonchev–Trinajstić information content (AvgIpc) is 2.74. The van der Waals surface area contributed by atoms with E-state index in [4.69, 9.17) is 0 Å². The summed E-state index contributed by atoms with van der Waals surface area (Å²) < 4.78 is 0. The Labute approximate surface area is 107 Å². The van der Waals surface area contributed by atoms with Gasteiger partial charge in [-0.15, -0.1) is 0 Å². The van der Waals surface area contributed by atoms with Gasteiger partial charge in [0.25, 0.3) is 0 Å². The summed E-state index contributed by atoms with van der Waals surface area (Å²) in [5.74, 6) is 0.281. The summed E-state index contributed by atoms with van der Waals surface area (Å²) in [4.78, 5) is 11.7. The Morgan fingerprint density at radius 3 is 2.00 bits per heavy atom. The highest BCUT2D eigenvalue weighted by Gasteiger charge is 2.29. The molecule has 0 spiro atoms. The van der Waals surface area contributed by atoms with Crippen molar-refractivity contribution in [3.8, 4) is 11.1 Å². The zero-order valence-electron chi connectivity index (χ0n) is 10.3. The number of carbonyl (C=O) groups excluding carboxylic acids is 1. The molecule has 0 unspecified atom stereocenters. The van der Waals surface area contributed by atoms with Crippen LogP contribution in [0.15, 0.2) is 48.5 Å². The van der Waals surface area contributed by atoms with Crippen molar-refractivity contribution in [3.63, 3.8) is 0 Å². The van der Waals surface area contributed by atoms with Crippen LogP contribution in [-0.4, -0.2) is 13.0 Å². The highest BCUT2D eigenvalue weighted by molar-refractivity contribution is 5.83. The summed E-state index contributed by atoms with van der Waals surface area (Å²) in [6.45, 7) is 0. The first-order valence-electron chi connectivity index (χ1n) is 6.20. The molecule has 1 aliphatic carbocycles. The second kappa shape index (κ2) is 4.30. The Kier molecular flexibility index (Phi) is 2.63. The molecule has 2 aromatic rings. The van der Waals surface area contributed by atoms with Crippen LogP contribution in [0.25, 0.3) is 11.1 Å². The maximum absolute atomic E-state index is 11.7. The van der Waals surface area contributed by atoms with Crippen molar-refractivity contribution in [2.75, 3.05) is 7.05 Å². The smallest absolute Gasteiger partial charge is 0.220 e. The van der Waals surface area contributed by atoms with Crippen LogP contribution < -0.4 is 5.32 Å². The Balaban J connectivity index is 2.12. The number of fused-ring (bicyclic) bond motifs is 3. The monoisotopic (exact) mass is 237 g/mol. The summed E-state index contributed by atoms with van der Waals surface area (Å²) in [5.41, 5.74) is 5.06. The molecule has 18 heavy (non-hydrogen) atoms. The average molecular weight is 237 g/mol. The van der Waals surface area contributed by atoms with Gasteiger partial charge in [-0.1, -0.05) is 48.5 Å². The number of amides is 1. The SMILES string of the molecule is CNC(=O)CC1c2ccccc2-c2ccccc21. The van der Waals surface area contributed by atoms with Crippen molar-refractivity contribution in [3.05, 3.63) is 59.7 Å². The molecule has 0 atom stereocenters. The number of hydrogen-bond donors (Lipinski definition) is 1. The summed E-state index contributed by atoms with van der Waals surface area (Å²) in [5, 5.41) is 2.71. The van der Waals surface area contributed by atoms with Crippen molar-refractivity contribution in [2.24, 2.45) is 0 Å². The molecular weight excluding hydrogens is 222 g/mol. The minimum absolute atomic E-state index is 0.0894. The van der Waals surface area contributed by atoms with Gasteiger partial charge in [0.1, 0.15) is 0 Å². The quantitative estimate of drug-likeness (QED) is 0.855. The molecule has 2 aromatic carbocycles. The second-order valence-corrected chi connectivity index (χ2v) is 4.60. The van der Waals surface area contributed by atoms with E-state index < -0.39 is 0 Å². The van der Waals surface area contributed by atoms with Crippen molar-refractivity contribution < 1.29 is 4.79 Å². The van der Waals surface area contributed by atoms with Gasteiger partial charge in [-0.3, -0.25) is 4.79 Å². The molecule has 0 bridgehead atoms. The summed E-state index contributed by atoms with van der Waals surface area (Å²) in [6.07, 6.45) is 0.518. The Bertz CT molecular complexity index is 558. The molecule has 0 radical (unpaired) electrons. The van der Waals surface area contributed by atoms with E-state index in [1.807, 2.05) is 12.1 Å². The van der Waals surface area contributed by atoms with Gasteiger partial charge in [0, 0.05) is 19.4 Å². The van der Waals surface area contributed by atoms with Gasteiger partial charge >= 0.3 is 0 Å². The summed E-state index contributed by atoms with van der Waals surface area (Å²) in [6, 6.07) is 16.7. The third kappa shape index (κ3) is 1.61. The lowest BCUT2D eigenvalue weighted by molar-refractivity contribution is -0.120. The summed E-state index contributed by atoms with van der Waals surface area (Å²) >= 11 is 0. The van der Waals surface area contributed by atoms with E-state index in [1.165, 1.54) is 22.3 Å². The molecule has 1 aliphatic rings. The minimum atomic E-state index is 0.0894. The first-order chi connectivity index (χ1) is 8.81. The summed E-state index contributed by atoms with van der Waals surface area (Å²) in [7, 11) is 1.69. The third-order valence-electron chi connectivity index (χ3n) is 3.63. The van der Waals surface area contributed by atoms with E-state index in [0.717, 1.165) is 0 Å². The predicted molar refractivity (Wildman–Crippen MR) is 72.4 cm³/mol. The van der Waals surface area contributed by atoms with E-state index in [1.54, 1.807) is 7.05 Å². The second-order valence-electron chi connectivity index (χ2n) is 4.60. The zero-order chi connectivity index (χ0) is 12.5. The van der Waals surface area contributed by atoms with Gasteiger partial charge in [0.2, 0.25) is 5.91 Å². The van der Waals surface area contributed by atoms with E-state index in [9.17, 15) is 4.79 Å². The molecule has 0 saturated heterocycles. The van der Waals surface area contributed by atoms with Crippen molar-refractivity contribution >= 4 is 5.91 Å². The molecule has 0 aliphatic heterocycles. The van der Waals surface area contributed by atoms with Gasteiger partial charge in [-0.2, -0.15) is 0 Å². The van der Waals surface area contributed by atoms with Crippen LogP contribution in [0.4, 0.5) is 0 Å². The Morgan fingerprint density at radius 2 is 1.50 bits per heavy atom. The van der Waals surface area contributed by atoms with Gasteiger partial charge in [-0.25, -0.2) is 0 Å². The van der Waals surface area contributed by atoms with Crippen LogP contribution in [0.1, 0.15) is 23.5 Å². The van der Waals surface area contributed by atoms with Crippen LogP contribution in [-0.2, 0) is 4.79 Å². The van der Waals surface area contributed by atoms with E-state index in [2.05, 4.69) is 41.7 Å². The van der Waals surface area contributed by atoms with Gasteiger partial charge in [0.05, 0.1) is 0 Å². The minimum Gasteiger partial charge on any atom is -0.359 e. The van der Waals surface area contributed by atoms with Crippen LogP contribution in [0.2, 0.25) is 0 Å². The van der Waals surface area contributed by atoms with E-state index in [0.29, 0.717) is 6.42 Å². The molecule has 0 saturated carbocycles. The molecule has 90 valence electrons. The number of benzene rings is 2. The molecule has 1 N–H and O–H groups in total. The number of carbonyl (C=O) groups is 1. The van der Waals surface area contributed by atoms with Crippen LogP contribution in [0, 0.1) is 0 Å². The first-order valence-corrected chi connectivity index (χ1v) is 6.20. The fourth-order valence-electron chi connectivity index (χ4n) is 2.77. The van der Waals surface area contributed by atoms with Crippen molar-refractivity contribution in [2.45, 2.75) is 12.3 Å². The largest absolute Gasteiger partial charge is 0.359 e. The van der Waals surface area contributed by atoms with Crippen LogP contribution in [0.3, 0.4) is 0 Å². The van der Waals surface area contributed by atoms with Crippen molar-refractivity contribution in [1.29, 1.82) is 0 Å². The zero-order valence-corrected chi connectivity index (χ0v) is 10.3. The topological polar surface area (TPSA) is 29.1 Å². The Hall–Kier alpha value is -2.09. The molecule has 2 heteroatoms. The van der Waals surface area contributed by atoms with E-state index >= 15 is 0 Å². The lowest BCUT2D eigenvalue weighted by Crippen LogP contribution is -2.20. The number of rotatable bonds is 2. The lowest BCUT2D eigenvalue weighted by atomic mass is 9.93. The molecule has 2 nitrogen and oxygen atoms in total. The van der Waals surface area contributed by atoms with Crippen LogP contribution in [0.5, 0.6) is 0 Å². The highest BCUT2D eigenvalue weighted by Crippen LogP contribution is 2.45. The predicted octanol–water partition coefficient (Wildman–Crippen LogP) is 2.94. The number of hydrogen-bond acceptors (Lipinski definition) is 1. The molecule has 3 rings (SSSR count). The molecule has 1 amide bonds. The lowest BCUT2D eigenvalue weighted by Gasteiger charge is -2.12. The van der Waals surface area contributed by atoms with Gasteiger partial charge in [0.15, 0.2) is 0 Å². The molecule has 0 heterocycles. The first kappa shape index (κ1) is 11.0. The molecule has 0 fully saturated rings. The number of nitrogens with one attached hydrogen (secondary N) is 1. The van der Waals surface area contributed by atoms with Gasteiger partial charge in [-0.05, 0) is 22.3 Å². The van der Waals surface area contributed by atoms with Crippen LogP contribution >= 0.6 is 0 Å². The highest BCUT2D eigenvalue weighted by atomic mass is 16.1. The van der Waals surface area contributed by atoms with Gasteiger partial charge < -0.3 is 5.32 Å². The molecular formula is C16H15NO.